The predicted molar refractivity (Wildman–Crippen MR) is 68.3 cm³/mol. The average Bonchev–Trinajstić information content (AvgIpc) is 2.57. The van der Waals surface area contributed by atoms with Crippen molar-refractivity contribution in [3.63, 3.8) is 0 Å². The van der Waals surface area contributed by atoms with Gasteiger partial charge in [0.2, 0.25) is 0 Å². The van der Waals surface area contributed by atoms with E-state index in [-0.39, 0.29) is 24.1 Å². The summed E-state index contributed by atoms with van der Waals surface area (Å²) >= 11 is 1.27. The van der Waals surface area contributed by atoms with Gasteiger partial charge in [-0.1, -0.05) is 11.8 Å². The van der Waals surface area contributed by atoms with Crippen molar-refractivity contribution in [2.75, 3.05) is 18.8 Å². The fourth-order valence-corrected chi connectivity index (χ4v) is 3.37. The fourth-order valence-electron chi connectivity index (χ4n) is 2.27. The van der Waals surface area contributed by atoms with Crippen molar-refractivity contribution in [2.45, 2.75) is 38.4 Å². The minimum Gasteiger partial charge on any atom is -0.444 e. The Kier molecular flexibility index (Phi) is 3.36. The van der Waals surface area contributed by atoms with Crippen LogP contribution in [0.15, 0.2) is 0 Å². The third-order valence-electron chi connectivity index (χ3n) is 3.17. The van der Waals surface area contributed by atoms with E-state index < -0.39 is 17.3 Å². The van der Waals surface area contributed by atoms with Gasteiger partial charge >= 0.3 is 6.09 Å². The van der Waals surface area contributed by atoms with Gasteiger partial charge in [-0.2, -0.15) is 0 Å². The maximum atomic E-state index is 11.7. The van der Waals surface area contributed by atoms with E-state index in [1.54, 1.807) is 20.8 Å². The van der Waals surface area contributed by atoms with E-state index in [9.17, 15) is 14.7 Å². The second kappa shape index (κ2) is 4.42. The summed E-state index contributed by atoms with van der Waals surface area (Å²) in [5.74, 6) is 0.430. The monoisotopic (exact) mass is 273 g/mol. The number of carbonyl (C=O) groups is 2. The van der Waals surface area contributed by atoms with Crippen molar-refractivity contribution in [3.8, 4) is 0 Å². The van der Waals surface area contributed by atoms with E-state index in [1.165, 1.54) is 16.7 Å². The lowest BCUT2D eigenvalue weighted by Gasteiger charge is -2.48. The second-order valence-electron chi connectivity index (χ2n) is 5.95. The molecule has 0 saturated carbocycles. The Hall–Kier alpha value is -0.750. The number of amides is 1. The molecule has 1 amide bonds. The summed E-state index contributed by atoms with van der Waals surface area (Å²) in [7, 11) is 0. The number of rotatable bonds is 1. The van der Waals surface area contributed by atoms with Crippen LogP contribution in [0.3, 0.4) is 0 Å². The molecule has 0 aromatic carbocycles. The first-order valence-electron chi connectivity index (χ1n) is 6.08. The van der Waals surface area contributed by atoms with E-state index in [2.05, 4.69) is 0 Å². The van der Waals surface area contributed by atoms with Crippen LogP contribution in [0.2, 0.25) is 0 Å². The maximum Gasteiger partial charge on any atom is 0.410 e. The minimum atomic E-state index is -1.04. The summed E-state index contributed by atoms with van der Waals surface area (Å²) in [5.41, 5.74) is -1.58. The third-order valence-corrected chi connectivity index (χ3v) is 4.17. The molecule has 0 aliphatic carbocycles. The normalized spacial score (nSPS) is 27.0. The highest BCUT2D eigenvalue weighted by molar-refractivity contribution is 8.14. The summed E-state index contributed by atoms with van der Waals surface area (Å²) < 4.78 is 5.21. The number of aliphatic hydroxyl groups is 1. The molecule has 2 aliphatic heterocycles. The van der Waals surface area contributed by atoms with E-state index in [0.29, 0.717) is 6.42 Å². The van der Waals surface area contributed by atoms with Crippen LogP contribution < -0.4 is 0 Å². The van der Waals surface area contributed by atoms with Crippen molar-refractivity contribution in [1.29, 1.82) is 0 Å². The molecule has 0 aromatic rings. The third kappa shape index (κ3) is 2.64. The van der Waals surface area contributed by atoms with Crippen LogP contribution in [-0.2, 0) is 9.53 Å². The van der Waals surface area contributed by atoms with Crippen LogP contribution in [0.5, 0.6) is 0 Å². The smallest absolute Gasteiger partial charge is 0.410 e. The number of carbonyl (C=O) groups excluding carboxylic acids is 2. The second-order valence-corrected chi connectivity index (χ2v) is 7.05. The topological polar surface area (TPSA) is 66.8 Å². The van der Waals surface area contributed by atoms with Gasteiger partial charge < -0.3 is 14.7 Å². The Bertz CT molecular complexity index is 371. The van der Waals surface area contributed by atoms with Gasteiger partial charge in [0, 0.05) is 5.75 Å². The first-order chi connectivity index (χ1) is 8.21. The van der Waals surface area contributed by atoms with E-state index >= 15 is 0 Å². The van der Waals surface area contributed by atoms with Crippen molar-refractivity contribution in [1.82, 2.24) is 4.90 Å². The summed E-state index contributed by atoms with van der Waals surface area (Å²) in [6, 6.07) is 0. The van der Waals surface area contributed by atoms with Gasteiger partial charge in [0.25, 0.3) is 0 Å². The molecule has 0 aromatic heterocycles. The van der Waals surface area contributed by atoms with Crippen molar-refractivity contribution < 1.29 is 19.4 Å². The molecule has 2 saturated heterocycles. The van der Waals surface area contributed by atoms with Crippen LogP contribution in [-0.4, -0.2) is 51.3 Å². The van der Waals surface area contributed by atoms with Gasteiger partial charge in [-0.05, 0) is 27.2 Å². The molecule has 1 atom stereocenters. The van der Waals surface area contributed by atoms with Crippen molar-refractivity contribution >= 4 is 23.0 Å². The molecule has 102 valence electrons. The molecule has 2 heterocycles. The number of thioether (sulfide) groups is 1. The lowest BCUT2D eigenvalue weighted by molar-refractivity contribution is -0.146. The number of ether oxygens (including phenoxy) is 1. The number of nitrogens with zero attached hydrogens (tertiary/aromatic N) is 1. The Labute approximate surface area is 111 Å². The standard InChI is InChI=1S/C12H19NO4S/c1-11(2,3)17-10(15)13-6-12(16,7-13)8-4-5-18-9(8)14/h8,16H,4-7H2,1-3H3. The van der Waals surface area contributed by atoms with Crippen LogP contribution in [0.1, 0.15) is 27.2 Å². The van der Waals surface area contributed by atoms with E-state index in [1.807, 2.05) is 0 Å². The predicted octanol–water partition coefficient (Wildman–Crippen LogP) is 1.25. The molecule has 0 spiro atoms. The van der Waals surface area contributed by atoms with Crippen molar-refractivity contribution in [3.05, 3.63) is 0 Å². The molecule has 18 heavy (non-hydrogen) atoms. The van der Waals surface area contributed by atoms with E-state index in [0.717, 1.165) is 5.75 Å². The molecule has 2 rings (SSSR count). The number of β-amino-alcohol motifs (C(OH)–C–C–N with tert-alkyl or cyclic N) is 1. The molecule has 5 nitrogen and oxygen atoms in total. The van der Waals surface area contributed by atoms with Gasteiger partial charge in [-0.3, -0.25) is 4.79 Å². The van der Waals surface area contributed by atoms with Crippen LogP contribution >= 0.6 is 11.8 Å². The van der Waals surface area contributed by atoms with Crippen LogP contribution in [0.25, 0.3) is 0 Å². The van der Waals surface area contributed by atoms with Gasteiger partial charge in [-0.15, -0.1) is 0 Å². The summed E-state index contributed by atoms with van der Waals surface area (Å²) in [4.78, 5) is 24.8. The van der Waals surface area contributed by atoms with Gasteiger partial charge in [0.05, 0.1) is 19.0 Å². The zero-order valence-electron chi connectivity index (χ0n) is 10.9. The number of hydrogen-bond acceptors (Lipinski definition) is 5. The Morgan fingerprint density at radius 2 is 2.11 bits per heavy atom. The highest BCUT2D eigenvalue weighted by atomic mass is 32.2. The molecule has 6 heteroatoms. The van der Waals surface area contributed by atoms with Gasteiger partial charge in [-0.25, -0.2) is 4.79 Å². The van der Waals surface area contributed by atoms with Gasteiger partial charge in [0.15, 0.2) is 5.12 Å². The minimum absolute atomic E-state index is 0.0429. The summed E-state index contributed by atoms with van der Waals surface area (Å²) in [6.07, 6.45) is 0.271. The molecule has 2 aliphatic rings. The molecule has 1 unspecified atom stereocenters. The molecule has 1 N–H and O–H groups in total. The summed E-state index contributed by atoms with van der Waals surface area (Å²) in [6.45, 7) is 5.79. The lowest BCUT2D eigenvalue weighted by Crippen LogP contribution is -2.67. The van der Waals surface area contributed by atoms with E-state index in [4.69, 9.17) is 4.74 Å². The first kappa shape index (κ1) is 13.7. The molecular formula is C12H19NO4S. The highest BCUT2D eigenvalue weighted by Crippen LogP contribution is 2.39. The largest absolute Gasteiger partial charge is 0.444 e. The molecular weight excluding hydrogens is 254 g/mol. The number of likely N-dealkylation sites (tertiary alicyclic amines) is 1. The Morgan fingerprint density at radius 1 is 1.50 bits per heavy atom. The molecule has 2 fully saturated rings. The van der Waals surface area contributed by atoms with Crippen LogP contribution in [0, 0.1) is 5.92 Å². The lowest BCUT2D eigenvalue weighted by atomic mass is 9.80. The zero-order valence-corrected chi connectivity index (χ0v) is 11.7. The Morgan fingerprint density at radius 3 is 2.56 bits per heavy atom. The SMILES string of the molecule is CC(C)(C)OC(=O)N1CC(O)(C2CCSC2=O)C1. The summed E-state index contributed by atoms with van der Waals surface area (Å²) in [5, 5.41) is 10.4. The van der Waals surface area contributed by atoms with Crippen LogP contribution in [0.4, 0.5) is 4.79 Å². The first-order valence-corrected chi connectivity index (χ1v) is 7.07. The maximum absolute atomic E-state index is 11.7. The Balaban J connectivity index is 1.89. The highest BCUT2D eigenvalue weighted by Gasteiger charge is 2.54. The van der Waals surface area contributed by atoms with Crippen molar-refractivity contribution in [2.24, 2.45) is 5.92 Å². The molecule has 0 bridgehead atoms. The number of hydrogen-bond donors (Lipinski definition) is 1. The van der Waals surface area contributed by atoms with Gasteiger partial charge in [0.1, 0.15) is 11.2 Å². The fraction of sp³-hybridized carbons (Fsp3) is 0.833. The molecule has 0 radical (unpaired) electrons. The quantitative estimate of drug-likeness (QED) is 0.779. The average molecular weight is 273 g/mol. The zero-order chi connectivity index (χ0) is 13.6.